The Morgan fingerprint density at radius 2 is 2.03 bits per heavy atom. The van der Waals surface area contributed by atoms with Crippen molar-refractivity contribution >= 4 is 35.4 Å². The van der Waals surface area contributed by atoms with E-state index in [-0.39, 0.29) is 22.0 Å². The Balaban J connectivity index is 1.57. The fraction of sp³-hybridized carbons (Fsp3) is 0.0500. The molecule has 31 heavy (non-hydrogen) atoms. The van der Waals surface area contributed by atoms with Crippen LogP contribution >= 0.6 is 11.6 Å². The number of hydrazone groups is 1. The zero-order valence-corrected chi connectivity index (χ0v) is 16.4. The third-order valence-electron chi connectivity index (χ3n) is 3.88. The van der Waals surface area contributed by atoms with E-state index < -0.39 is 23.4 Å². The van der Waals surface area contributed by atoms with E-state index in [1.807, 2.05) is 0 Å². The molecule has 2 N–H and O–H groups in total. The molecule has 0 aliphatic carbocycles. The molecule has 0 spiro atoms. The van der Waals surface area contributed by atoms with Crippen molar-refractivity contribution < 1.29 is 28.8 Å². The van der Waals surface area contributed by atoms with Gasteiger partial charge in [-0.25, -0.2) is 10.2 Å². The van der Waals surface area contributed by atoms with Crippen molar-refractivity contribution in [2.75, 3.05) is 6.61 Å². The van der Waals surface area contributed by atoms with Crippen molar-refractivity contribution in [3.8, 4) is 17.1 Å². The minimum absolute atomic E-state index is 0.104. The number of rotatable bonds is 8. The lowest BCUT2D eigenvalue weighted by atomic mass is 10.1. The molecule has 0 aliphatic heterocycles. The number of hydrogen-bond acceptors (Lipinski definition) is 7. The Labute approximate surface area is 179 Å². The molecule has 158 valence electrons. The third kappa shape index (κ3) is 5.67. The molecule has 0 radical (unpaired) electrons. The SMILES string of the molecule is O=C(COc1ccc(Cl)cc1[N+](=O)[O-])NN=Cc1ccc(-c2cccc(C(=O)O)c2)o1. The van der Waals surface area contributed by atoms with Crippen LogP contribution in [0.5, 0.6) is 5.75 Å². The summed E-state index contributed by atoms with van der Waals surface area (Å²) in [7, 11) is 0. The lowest BCUT2D eigenvalue weighted by Crippen LogP contribution is -2.24. The molecule has 3 aromatic rings. The number of amides is 1. The molecule has 0 aliphatic rings. The summed E-state index contributed by atoms with van der Waals surface area (Å²) in [5.41, 5.74) is 2.54. The average Bonchev–Trinajstić information content (AvgIpc) is 3.21. The summed E-state index contributed by atoms with van der Waals surface area (Å²) in [6, 6.07) is 13.3. The number of aromatic carboxylic acids is 1. The Kier molecular flexibility index (Phi) is 6.63. The predicted molar refractivity (Wildman–Crippen MR) is 110 cm³/mol. The zero-order chi connectivity index (χ0) is 22.4. The lowest BCUT2D eigenvalue weighted by molar-refractivity contribution is -0.385. The number of hydrogen-bond donors (Lipinski definition) is 2. The number of nitro groups is 1. The number of halogens is 1. The van der Waals surface area contributed by atoms with Crippen LogP contribution in [-0.2, 0) is 4.79 Å². The maximum Gasteiger partial charge on any atom is 0.335 e. The molecule has 1 amide bonds. The molecule has 0 fully saturated rings. The number of furan rings is 1. The Morgan fingerprint density at radius 1 is 1.23 bits per heavy atom. The van der Waals surface area contributed by atoms with Gasteiger partial charge < -0.3 is 14.3 Å². The van der Waals surface area contributed by atoms with Crippen molar-refractivity contribution in [1.29, 1.82) is 0 Å². The fourth-order valence-electron chi connectivity index (χ4n) is 2.48. The molecule has 11 heteroatoms. The number of benzene rings is 2. The predicted octanol–water partition coefficient (Wildman–Crippen LogP) is 3.74. The van der Waals surface area contributed by atoms with Gasteiger partial charge in [-0.2, -0.15) is 5.10 Å². The van der Waals surface area contributed by atoms with E-state index in [1.165, 1.54) is 30.5 Å². The largest absolute Gasteiger partial charge is 0.478 e. The van der Waals surface area contributed by atoms with Gasteiger partial charge in [-0.3, -0.25) is 14.9 Å². The van der Waals surface area contributed by atoms with Gasteiger partial charge in [-0.05, 0) is 36.4 Å². The number of nitro benzene ring substituents is 1. The fourth-order valence-corrected chi connectivity index (χ4v) is 2.65. The van der Waals surface area contributed by atoms with E-state index in [9.17, 15) is 19.7 Å². The summed E-state index contributed by atoms with van der Waals surface area (Å²) in [6.07, 6.45) is 1.24. The van der Waals surface area contributed by atoms with E-state index in [0.717, 1.165) is 6.07 Å². The molecular weight excluding hydrogens is 430 g/mol. The molecule has 3 rings (SSSR count). The van der Waals surface area contributed by atoms with E-state index in [1.54, 1.807) is 24.3 Å². The minimum atomic E-state index is -1.05. The highest BCUT2D eigenvalue weighted by atomic mass is 35.5. The average molecular weight is 444 g/mol. The molecule has 10 nitrogen and oxygen atoms in total. The second kappa shape index (κ2) is 9.55. The third-order valence-corrected chi connectivity index (χ3v) is 4.11. The monoisotopic (exact) mass is 443 g/mol. The molecule has 0 unspecified atom stereocenters. The molecule has 0 atom stereocenters. The summed E-state index contributed by atoms with van der Waals surface area (Å²) in [6.45, 7) is -0.509. The molecule has 0 saturated heterocycles. The highest BCUT2D eigenvalue weighted by molar-refractivity contribution is 6.30. The quantitative estimate of drug-likeness (QED) is 0.306. The van der Waals surface area contributed by atoms with Gasteiger partial charge in [0.25, 0.3) is 5.91 Å². The van der Waals surface area contributed by atoms with Crippen molar-refractivity contribution in [2.45, 2.75) is 0 Å². The van der Waals surface area contributed by atoms with Crippen LogP contribution < -0.4 is 10.2 Å². The second-order valence-electron chi connectivity index (χ2n) is 6.04. The maximum absolute atomic E-state index is 11.9. The van der Waals surface area contributed by atoms with Crippen molar-refractivity contribution in [3.05, 3.63) is 81.1 Å². The van der Waals surface area contributed by atoms with Crippen molar-refractivity contribution in [1.82, 2.24) is 5.43 Å². The van der Waals surface area contributed by atoms with Gasteiger partial charge >= 0.3 is 11.7 Å². The number of carbonyl (C=O) groups is 2. The molecule has 1 heterocycles. The van der Waals surface area contributed by atoms with E-state index >= 15 is 0 Å². The summed E-state index contributed by atoms with van der Waals surface area (Å²) in [5, 5.41) is 24.0. The number of carboxylic acid groups (broad SMARTS) is 1. The van der Waals surface area contributed by atoms with Gasteiger partial charge in [0.15, 0.2) is 12.4 Å². The van der Waals surface area contributed by atoms with Gasteiger partial charge in [-0.15, -0.1) is 0 Å². The first kappa shape index (κ1) is 21.5. The number of nitrogens with one attached hydrogen (secondary N) is 1. The van der Waals surface area contributed by atoms with E-state index in [2.05, 4.69) is 10.5 Å². The van der Waals surface area contributed by atoms with Crippen molar-refractivity contribution in [3.63, 3.8) is 0 Å². The number of carbonyl (C=O) groups excluding carboxylic acids is 1. The van der Waals surface area contributed by atoms with Gasteiger partial charge in [0.1, 0.15) is 11.5 Å². The highest BCUT2D eigenvalue weighted by Gasteiger charge is 2.16. The van der Waals surface area contributed by atoms with Gasteiger partial charge in [-0.1, -0.05) is 23.7 Å². The molecular formula is C20H14ClN3O7. The smallest absolute Gasteiger partial charge is 0.335 e. The number of carboxylic acids is 1. The van der Waals surface area contributed by atoms with Crippen LogP contribution in [0.2, 0.25) is 5.02 Å². The molecule has 2 aromatic carbocycles. The van der Waals surface area contributed by atoms with E-state index in [0.29, 0.717) is 17.1 Å². The molecule has 0 saturated carbocycles. The van der Waals surface area contributed by atoms with E-state index in [4.69, 9.17) is 25.9 Å². The standard InChI is InChI=1S/C20H14ClN3O7/c21-14-4-6-18(16(9-14)24(28)29)30-11-19(25)23-22-10-15-5-7-17(31-15)12-2-1-3-13(8-12)20(26)27/h1-10H,11H2,(H,23,25)(H,26,27). The van der Waals surface area contributed by atoms with Gasteiger partial charge in [0, 0.05) is 16.7 Å². The van der Waals surface area contributed by atoms with Crippen LogP contribution in [0.4, 0.5) is 5.69 Å². The van der Waals surface area contributed by atoms with Gasteiger partial charge in [0.2, 0.25) is 0 Å². The Morgan fingerprint density at radius 3 is 2.77 bits per heavy atom. The second-order valence-corrected chi connectivity index (χ2v) is 6.48. The van der Waals surface area contributed by atoms with Crippen LogP contribution in [-0.4, -0.2) is 34.7 Å². The molecule has 0 bridgehead atoms. The van der Waals surface area contributed by atoms with Crippen LogP contribution in [0.15, 0.2) is 64.1 Å². The first-order valence-corrected chi connectivity index (χ1v) is 9.03. The maximum atomic E-state index is 11.9. The van der Waals surface area contributed by atoms with Crippen LogP contribution in [0, 0.1) is 10.1 Å². The summed E-state index contributed by atoms with van der Waals surface area (Å²) in [4.78, 5) is 33.3. The summed E-state index contributed by atoms with van der Waals surface area (Å²) < 4.78 is 10.7. The van der Waals surface area contributed by atoms with Crippen LogP contribution in [0.25, 0.3) is 11.3 Å². The Hall–Kier alpha value is -4.18. The lowest BCUT2D eigenvalue weighted by Gasteiger charge is -2.05. The normalized spacial score (nSPS) is 10.7. The summed E-state index contributed by atoms with van der Waals surface area (Å²) in [5.74, 6) is -1.07. The first-order valence-electron chi connectivity index (χ1n) is 8.65. The first-order chi connectivity index (χ1) is 14.8. The Bertz CT molecular complexity index is 1170. The molecule has 1 aromatic heterocycles. The van der Waals surface area contributed by atoms with Gasteiger partial charge in [0.05, 0.1) is 16.7 Å². The van der Waals surface area contributed by atoms with Crippen LogP contribution in [0.3, 0.4) is 0 Å². The highest BCUT2D eigenvalue weighted by Crippen LogP contribution is 2.29. The minimum Gasteiger partial charge on any atom is -0.478 e. The summed E-state index contributed by atoms with van der Waals surface area (Å²) >= 11 is 5.72. The topological polar surface area (TPSA) is 144 Å². The van der Waals surface area contributed by atoms with Crippen molar-refractivity contribution in [2.24, 2.45) is 5.10 Å². The number of ether oxygens (including phenoxy) is 1. The van der Waals surface area contributed by atoms with Crippen LogP contribution in [0.1, 0.15) is 16.1 Å². The zero-order valence-electron chi connectivity index (χ0n) is 15.6. The number of nitrogens with zero attached hydrogens (tertiary/aromatic N) is 2.